The highest BCUT2D eigenvalue weighted by Crippen LogP contribution is 2.27. The van der Waals surface area contributed by atoms with Gasteiger partial charge in [-0.2, -0.15) is 4.98 Å². The van der Waals surface area contributed by atoms with E-state index in [1.165, 1.54) is 11.1 Å². The van der Waals surface area contributed by atoms with Gasteiger partial charge in [0, 0.05) is 43.5 Å². The van der Waals surface area contributed by atoms with Crippen molar-refractivity contribution in [1.29, 1.82) is 0 Å². The Morgan fingerprint density at radius 3 is 2.38 bits per heavy atom. The van der Waals surface area contributed by atoms with E-state index in [1.807, 2.05) is 6.07 Å². The minimum atomic E-state index is 0.646. The molecule has 0 amide bonds. The second kappa shape index (κ2) is 8.62. The second-order valence-electron chi connectivity index (χ2n) is 7.67. The number of rotatable bonds is 5. The van der Waals surface area contributed by atoms with E-state index in [0.717, 1.165) is 55.5 Å². The molecule has 4 rings (SSSR count). The van der Waals surface area contributed by atoms with Gasteiger partial charge < -0.3 is 15.1 Å². The lowest BCUT2D eigenvalue weighted by atomic mass is 10.1. The van der Waals surface area contributed by atoms with Crippen LogP contribution in [0.3, 0.4) is 0 Å². The topological polar surface area (TPSA) is 44.3 Å². The molecule has 5 heteroatoms. The lowest BCUT2D eigenvalue weighted by molar-refractivity contribution is 0.270. The van der Waals surface area contributed by atoms with Gasteiger partial charge in [0.15, 0.2) is 0 Å². The number of anilines is 3. The fourth-order valence-electron chi connectivity index (χ4n) is 3.69. The van der Waals surface area contributed by atoms with Gasteiger partial charge in [0.1, 0.15) is 5.82 Å². The number of benzene rings is 2. The van der Waals surface area contributed by atoms with Crippen molar-refractivity contribution < 1.29 is 0 Å². The second-order valence-corrected chi connectivity index (χ2v) is 7.67. The van der Waals surface area contributed by atoms with Crippen LogP contribution in [0.25, 0.3) is 11.3 Å². The SMILES string of the molecule is CCN1CCN(c2cc(-c3ccccc3)nc(Nc3cc(C)ccc3C)n2)CC1. The molecule has 1 aliphatic rings. The van der Waals surface area contributed by atoms with Gasteiger partial charge in [-0.3, -0.25) is 0 Å². The number of hydrogen-bond donors (Lipinski definition) is 1. The summed E-state index contributed by atoms with van der Waals surface area (Å²) >= 11 is 0. The zero-order valence-electron chi connectivity index (χ0n) is 17.5. The summed E-state index contributed by atoms with van der Waals surface area (Å²) in [4.78, 5) is 14.6. The number of nitrogens with zero attached hydrogens (tertiary/aromatic N) is 4. The summed E-state index contributed by atoms with van der Waals surface area (Å²) in [7, 11) is 0. The molecule has 2 aromatic carbocycles. The number of piperazine rings is 1. The summed E-state index contributed by atoms with van der Waals surface area (Å²) in [5.74, 6) is 1.63. The highest BCUT2D eigenvalue weighted by atomic mass is 15.3. The van der Waals surface area contributed by atoms with Crippen molar-refractivity contribution in [3.63, 3.8) is 0 Å². The normalized spacial score (nSPS) is 14.8. The van der Waals surface area contributed by atoms with Crippen LogP contribution >= 0.6 is 0 Å². The minimum Gasteiger partial charge on any atom is -0.354 e. The standard InChI is InChI=1S/C24H29N5/c1-4-28-12-14-29(15-13-28)23-17-22(20-8-6-5-7-9-20)26-24(27-23)25-21-16-18(2)10-11-19(21)3/h5-11,16-17H,4,12-15H2,1-3H3,(H,25,26,27). The molecule has 0 saturated carbocycles. The average molecular weight is 388 g/mol. The van der Waals surface area contributed by atoms with Crippen LogP contribution in [0.2, 0.25) is 0 Å². The molecule has 0 unspecified atom stereocenters. The zero-order valence-corrected chi connectivity index (χ0v) is 17.5. The molecule has 1 N–H and O–H groups in total. The maximum atomic E-state index is 4.88. The van der Waals surface area contributed by atoms with Crippen LogP contribution < -0.4 is 10.2 Å². The fourth-order valence-corrected chi connectivity index (χ4v) is 3.69. The Morgan fingerprint density at radius 2 is 1.66 bits per heavy atom. The van der Waals surface area contributed by atoms with Gasteiger partial charge >= 0.3 is 0 Å². The summed E-state index contributed by atoms with van der Waals surface area (Å²) in [6.45, 7) is 11.6. The van der Waals surface area contributed by atoms with Crippen LogP contribution in [0.1, 0.15) is 18.1 Å². The molecule has 3 aromatic rings. The molecule has 0 atom stereocenters. The van der Waals surface area contributed by atoms with E-state index in [-0.39, 0.29) is 0 Å². The number of aryl methyl sites for hydroxylation is 2. The highest BCUT2D eigenvalue weighted by Gasteiger charge is 2.19. The van der Waals surface area contributed by atoms with Crippen LogP contribution in [0.5, 0.6) is 0 Å². The van der Waals surface area contributed by atoms with E-state index in [1.54, 1.807) is 0 Å². The summed E-state index contributed by atoms with van der Waals surface area (Å²) in [6, 6.07) is 18.9. The van der Waals surface area contributed by atoms with Crippen LogP contribution in [-0.4, -0.2) is 47.6 Å². The summed E-state index contributed by atoms with van der Waals surface area (Å²) in [5, 5.41) is 3.46. The number of hydrogen-bond acceptors (Lipinski definition) is 5. The molecule has 0 radical (unpaired) electrons. The fraction of sp³-hybridized carbons (Fsp3) is 0.333. The third kappa shape index (κ3) is 4.57. The lowest BCUT2D eigenvalue weighted by Crippen LogP contribution is -2.46. The maximum absolute atomic E-state index is 4.88. The first kappa shape index (κ1) is 19.4. The monoisotopic (exact) mass is 387 g/mol. The van der Waals surface area contributed by atoms with Crippen LogP contribution in [-0.2, 0) is 0 Å². The largest absolute Gasteiger partial charge is 0.354 e. The van der Waals surface area contributed by atoms with Crippen molar-refractivity contribution in [3.8, 4) is 11.3 Å². The minimum absolute atomic E-state index is 0.646. The van der Waals surface area contributed by atoms with Crippen LogP contribution in [0.4, 0.5) is 17.5 Å². The smallest absolute Gasteiger partial charge is 0.229 e. The van der Waals surface area contributed by atoms with Crippen molar-refractivity contribution in [1.82, 2.24) is 14.9 Å². The Labute approximate surface area is 173 Å². The van der Waals surface area contributed by atoms with E-state index in [9.17, 15) is 0 Å². The Bertz CT molecular complexity index is 962. The molecule has 1 saturated heterocycles. The van der Waals surface area contributed by atoms with Gasteiger partial charge in [0.05, 0.1) is 5.69 Å². The van der Waals surface area contributed by atoms with E-state index >= 15 is 0 Å². The van der Waals surface area contributed by atoms with Crippen molar-refractivity contribution in [2.24, 2.45) is 0 Å². The molecule has 29 heavy (non-hydrogen) atoms. The molecule has 1 aliphatic heterocycles. The average Bonchev–Trinajstić information content (AvgIpc) is 2.77. The van der Waals surface area contributed by atoms with Crippen molar-refractivity contribution >= 4 is 17.5 Å². The number of aromatic nitrogens is 2. The molecule has 1 fully saturated rings. The Hall–Kier alpha value is -2.92. The van der Waals surface area contributed by atoms with E-state index < -0.39 is 0 Å². The third-order valence-corrected chi connectivity index (χ3v) is 5.57. The van der Waals surface area contributed by atoms with Gasteiger partial charge in [0.2, 0.25) is 5.95 Å². The van der Waals surface area contributed by atoms with Gasteiger partial charge in [-0.25, -0.2) is 4.98 Å². The number of likely N-dealkylation sites (N-methyl/N-ethyl adjacent to an activating group) is 1. The first-order chi connectivity index (χ1) is 14.1. The Kier molecular flexibility index (Phi) is 5.76. The molecule has 2 heterocycles. The molecular weight excluding hydrogens is 358 g/mol. The van der Waals surface area contributed by atoms with Gasteiger partial charge in [-0.15, -0.1) is 0 Å². The predicted octanol–water partition coefficient (Wildman–Crippen LogP) is 4.65. The summed E-state index contributed by atoms with van der Waals surface area (Å²) in [6.07, 6.45) is 0. The van der Waals surface area contributed by atoms with Crippen molar-refractivity contribution in [2.75, 3.05) is 42.9 Å². The molecule has 0 spiro atoms. The van der Waals surface area contributed by atoms with Gasteiger partial charge in [-0.05, 0) is 37.6 Å². The van der Waals surface area contributed by atoms with Crippen molar-refractivity contribution in [3.05, 3.63) is 65.7 Å². The van der Waals surface area contributed by atoms with E-state index in [2.05, 4.69) is 84.4 Å². The van der Waals surface area contributed by atoms with Crippen LogP contribution in [0, 0.1) is 13.8 Å². The first-order valence-electron chi connectivity index (χ1n) is 10.4. The predicted molar refractivity (Wildman–Crippen MR) is 121 cm³/mol. The first-order valence-corrected chi connectivity index (χ1v) is 10.4. The zero-order chi connectivity index (χ0) is 20.2. The summed E-state index contributed by atoms with van der Waals surface area (Å²) in [5.41, 5.74) is 5.50. The quantitative estimate of drug-likeness (QED) is 0.691. The molecule has 150 valence electrons. The van der Waals surface area contributed by atoms with Crippen molar-refractivity contribution in [2.45, 2.75) is 20.8 Å². The van der Waals surface area contributed by atoms with E-state index in [4.69, 9.17) is 9.97 Å². The van der Waals surface area contributed by atoms with Gasteiger partial charge in [0.25, 0.3) is 0 Å². The maximum Gasteiger partial charge on any atom is 0.229 e. The van der Waals surface area contributed by atoms with E-state index in [0.29, 0.717) is 5.95 Å². The third-order valence-electron chi connectivity index (χ3n) is 5.57. The Morgan fingerprint density at radius 1 is 0.897 bits per heavy atom. The molecule has 1 aromatic heterocycles. The summed E-state index contributed by atoms with van der Waals surface area (Å²) < 4.78 is 0. The van der Waals surface area contributed by atoms with Gasteiger partial charge in [-0.1, -0.05) is 49.4 Å². The highest BCUT2D eigenvalue weighted by molar-refractivity contribution is 5.67. The number of nitrogens with one attached hydrogen (secondary N) is 1. The molecule has 0 bridgehead atoms. The molecule has 5 nitrogen and oxygen atoms in total. The lowest BCUT2D eigenvalue weighted by Gasteiger charge is -2.35. The molecular formula is C24H29N5. The van der Waals surface area contributed by atoms with Crippen LogP contribution in [0.15, 0.2) is 54.6 Å². The Balaban J connectivity index is 1.69. The molecule has 0 aliphatic carbocycles.